The van der Waals surface area contributed by atoms with E-state index in [0.717, 1.165) is 25.4 Å². The molecule has 0 aliphatic carbocycles. The zero-order valence-corrected chi connectivity index (χ0v) is 16.9. The summed E-state index contributed by atoms with van der Waals surface area (Å²) in [5.74, 6) is 0. The van der Waals surface area contributed by atoms with Crippen LogP contribution in [0.4, 0.5) is 0 Å². The van der Waals surface area contributed by atoms with E-state index >= 15 is 0 Å². The number of halogens is 1. The van der Waals surface area contributed by atoms with Gasteiger partial charge >= 0.3 is 8.80 Å². The summed E-state index contributed by atoms with van der Waals surface area (Å²) in [6, 6.07) is 11.0. The first-order valence-electron chi connectivity index (χ1n) is 8.00. The molecule has 0 fully saturated rings. The molecule has 0 aliphatic heterocycles. The van der Waals surface area contributed by atoms with Gasteiger partial charge in [-0.1, -0.05) is 43.8 Å². The summed E-state index contributed by atoms with van der Waals surface area (Å²) >= 11 is 0. The third-order valence-electron chi connectivity index (χ3n) is 3.13. The van der Waals surface area contributed by atoms with Crippen LogP contribution in [-0.4, -0.2) is 36.2 Å². The van der Waals surface area contributed by atoms with Crippen LogP contribution < -0.4 is 11.1 Å². The summed E-state index contributed by atoms with van der Waals surface area (Å²) in [4.78, 5) is 0. The van der Waals surface area contributed by atoms with Crippen molar-refractivity contribution in [2.24, 2.45) is 5.73 Å². The van der Waals surface area contributed by atoms with Crippen LogP contribution in [-0.2, 0) is 19.8 Å². The van der Waals surface area contributed by atoms with E-state index in [4.69, 9.17) is 19.0 Å². The molecule has 0 bridgehead atoms. The molecule has 1 rings (SSSR count). The van der Waals surface area contributed by atoms with Gasteiger partial charge in [0.25, 0.3) is 0 Å². The molecule has 3 N–H and O–H groups in total. The number of nitrogens with one attached hydrogen (secondary N) is 1. The van der Waals surface area contributed by atoms with Crippen LogP contribution >= 0.6 is 12.4 Å². The van der Waals surface area contributed by atoms with E-state index < -0.39 is 8.80 Å². The predicted molar refractivity (Wildman–Crippen MR) is 105 cm³/mol. The van der Waals surface area contributed by atoms with Crippen LogP contribution in [0.15, 0.2) is 43.1 Å². The Morgan fingerprint density at radius 1 is 1.21 bits per heavy atom. The Morgan fingerprint density at radius 2 is 1.83 bits per heavy atom. The van der Waals surface area contributed by atoms with Crippen molar-refractivity contribution in [1.29, 1.82) is 0 Å². The lowest BCUT2D eigenvalue weighted by atomic mass is 10.2. The average molecular weight is 377 g/mol. The molecule has 1 aromatic rings. The van der Waals surface area contributed by atoms with Crippen molar-refractivity contribution in [3.8, 4) is 0 Å². The summed E-state index contributed by atoms with van der Waals surface area (Å²) in [7, 11) is 0.916. The molecular weight excluding hydrogens is 344 g/mol. The number of nitrogens with two attached hydrogens (primary N) is 1. The largest absolute Gasteiger partial charge is 0.500 e. The summed E-state index contributed by atoms with van der Waals surface area (Å²) in [6.45, 7) is 7.84. The topological polar surface area (TPSA) is 65.7 Å². The highest BCUT2D eigenvalue weighted by atomic mass is 35.5. The van der Waals surface area contributed by atoms with Crippen LogP contribution in [0.25, 0.3) is 0 Å². The monoisotopic (exact) mass is 376 g/mol. The second kappa shape index (κ2) is 16.9. The van der Waals surface area contributed by atoms with Crippen molar-refractivity contribution < 1.29 is 13.3 Å². The Morgan fingerprint density at radius 3 is 2.29 bits per heavy atom. The normalized spacial score (nSPS) is 10.2. The molecule has 0 radical (unpaired) electrons. The van der Waals surface area contributed by atoms with Gasteiger partial charge < -0.3 is 24.3 Å². The van der Waals surface area contributed by atoms with Gasteiger partial charge in [0, 0.05) is 33.4 Å². The lowest BCUT2D eigenvalue weighted by Gasteiger charge is -2.25. The molecule has 0 aliphatic rings. The standard InChI is InChI=1S/C9H11N.C8H21NO3Si.ClH/c1-2-10-8-9-6-4-3-5-7-9;1-4-7-12-13(10-2,11-3)8-5-6-9;/h2-7,10H,1,8H2;4-9H2,1-3H3;1H. The highest BCUT2D eigenvalue weighted by molar-refractivity contribution is 6.60. The van der Waals surface area contributed by atoms with Crippen LogP contribution in [0.1, 0.15) is 25.3 Å². The number of hydrogen-bond donors (Lipinski definition) is 2. The molecule has 7 heteroatoms. The van der Waals surface area contributed by atoms with Gasteiger partial charge in [0.2, 0.25) is 0 Å². The minimum absolute atomic E-state index is 0. The Labute approximate surface area is 154 Å². The third-order valence-corrected chi connectivity index (χ3v) is 5.98. The number of hydrogen-bond acceptors (Lipinski definition) is 5. The summed E-state index contributed by atoms with van der Waals surface area (Å²) in [6.07, 6.45) is 3.56. The summed E-state index contributed by atoms with van der Waals surface area (Å²) in [5.41, 5.74) is 6.71. The first kappa shape index (κ1) is 25.3. The van der Waals surface area contributed by atoms with E-state index in [2.05, 4.69) is 31.0 Å². The Balaban J connectivity index is 0. The van der Waals surface area contributed by atoms with Gasteiger partial charge in [0.05, 0.1) is 0 Å². The predicted octanol–water partition coefficient (Wildman–Crippen LogP) is 3.34. The molecular formula is C17H33ClN2O3Si. The van der Waals surface area contributed by atoms with Gasteiger partial charge in [-0.3, -0.25) is 0 Å². The van der Waals surface area contributed by atoms with Crippen LogP contribution in [0.3, 0.4) is 0 Å². The number of rotatable bonds is 11. The molecule has 1 aromatic carbocycles. The SMILES string of the molecule is C=CNCc1ccccc1.CCCO[Si](CCCN)(OC)OC.Cl. The van der Waals surface area contributed by atoms with E-state index in [9.17, 15) is 0 Å². The number of benzene rings is 1. The maximum atomic E-state index is 5.62. The van der Waals surface area contributed by atoms with E-state index in [1.54, 1.807) is 20.4 Å². The van der Waals surface area contributed by atoms with Gasteiger partial charge in [-0.25, -0.2) is 0 Å². The third kappa shape index (κ3) is 11.6. The van der Waals surface area contributed by atoms with E-state index in [-0.39, 0.29) is 12.4 Å². The highest BCUT2D eigenvalue weighted by Gasteiger charge is 2.37. The fourth-order valence-electron chi connectivity index (χ4n) is 1.84. The van der Waals surface area contributed by atoms with Crippen molar-refractivity contribution >= 4 is 21.2 Å². The zero-order chi connectivity index (χ0) is 17.4. The fraction of sp³-hybridized carbons (Fsp3) is 0.529. The van der Waals surface area contributed by atoms with Crippen molar-refractivity contribution in [3.63, 3.8) is 0 Å². The Kier molecular flexibility index (Phi) is 17.9. The quantitative estimate of drug-likeness (QED) is 0.580. The molecule has 0 heterocycles. The van der Waals surface area contributed by atoms with Crippen molar-refractivity contribution in [2.75, 3.05) is 27.4 Å². The van der Waals surface area contributed by atoms with Crippen molar-refractivity contribution in [2.45, 2.75) is 32.4 Å². The minimum atomic E-state index is -2.37. The molecule has 5 nitrogen and oxygen atoms in total. The van der Waals surface area contributed by atoms with E-state index in [1.165, 1.54) is 5.56 Å². The highest BCUT2D eigenvalue weighted by Crippen LogP contribution is 2.15. The smallest absolute Gasteiger partial charge is 0.387 e. The minimum Gasteiger partial charge on any atom is -0.387 e. The van der Waals surface area contributed by atoms with Crippen molar-refractivity contribution in [1.82, 2.24) is 5.32 Å². The zero-order valence-electron chi connectivity index (χ0n) is 15.1. The average Bonchev–Trinajstić information content (AvgIpc) is 2.62. The van der Waals surface area contributed by atoms with E-state index in [0.29, 0.717) is 13.2 Å². The molecule has 0 saturated carbocycles. The maximum absolute atomic E-state index is 5.62. The molecule has 24 heavy (non-hydrogen) atoms. The Bertz CT molecular complexity index is 383. The second-order valence-corrected chi connectivity index (χ2v) is 7.87. The first-order valence-corrected chi connectivity index (χ1v) is 9.93. The van der Waals surface area contributed by atoms with Gasteiger partial charge in [-0.2, -0.15) is 0 Å². The maximum Gasteiger partial charge on any atom is 0.500 e. The van der Waals surface area contributed by atoms with Crippen LogP contribution in [0.5, 0.6) is 0 Å². The molecule has 140 valence electrons. The van der Waals surface area contributed by atoms with Gasteiger partial charge in [-0.15, -0.1) is 12.4 Å². The lowest BCUT2D eigenvalue weighted by molar-refractivity contribution is 0.0979. The molecule has 0 saturated heterocycles. The molecule has 0 unspecified atom stereocenters. The van der Waals surface area contributed by atoms with Crippen LogP contribution in [0.2, 0.25) is 6.04 Å². The fourth-order valence-corrected chi connectivity index (χ4v) is 3.95. The van der Waals surface area contributed by atoms with Gasteiger partial charge in [0.1, 0.15) is 0 Å². The summed E-state index contributed by atoms with van der Waals surface area (Å²) in [5, 5.41) is 3.03. The van der Waals surface area contributed by atoms with Gasteiger partial charge in [0.15, 0.2) is 0 Å². The lowest BCUT2D eigenvalue weighted by Crippen LogP contribution is -2.44. The molecule has 0 amide bonds. The Hall–Kier alpha value is -0.893. The van der Waals surface area contributed by atoms with Gasteiger partial charge in [-0.05, 0) is 31.1 Å². The first-order chi connectivity index (χ1) is 11.2. The summed E-state index contributed by atoms with van der Waals surface area (Å²) < 4.78 is 16.3. The van der Waals surface area contributed by atoms with Crippen LogP contribution in [0, 0.1) is 0 Å². The molecule has 0 aromatic heterocycles. The molecule has 0 spiro atoms. The molecule has 0 atom stereocenters. The second-order valence-electron chi connectivity index (χ2n) is 4.90. The van der Waals surface area contributed by atoms with E-state index in [1.807, 2.05) is 18.2 Å². The van der Waals surface area contributed by atoms with Crippen molar-refractivity contribution in [3.05, 3.63) is 48.7 Å².